The maximum absolute atomic E-state index is 13.0. The topological polar surface area (TPSA) is 61.5 Å². The number of fused-ring (bicyclic) bond motifs is 6. The van der Waals surface area contributed by atoms with Crippen molar-refractivity contribution in [1.82, 2.24) is 4.98 Å². The number of hydrogen-bond donors (Lipinski definition) is 3. The zero-order chi connectivity index (χ0) is 15.6. The minimum Gasteiger partial charge on any atom is -0.352 e. The molecule has 1 atom stereocenters. The molecule has 0 radical (unpaired) electrons. The van der Waals surface area contributed by atoms with Gasteiger partial charge in [-0.3, -0.25) is 4.79 Å². The number of nitrogens with two attached hydrogens (primary N) is 1. The van der Waals surface area contributed by atoms with Gasteiger partial charge in [-0.2, -0.15) is 0 Å². The number of carbonyl (C=O) groups excluding carboxylic acids is 1. The van der Waals surface area contributed by atoms with Gasteiger partial charge < -0.3 is 15.6 Å². The molecule has 114 valence electrons. The highest BCUT2D eigenvalue weighted by atomic mass is 79.9. The predicted molar refractivity (Wildman–Crippen MR) is 92.3 cm³/mol. The van der Waals surface area contributed by atoms with Crippen molar-refractivity contribution in [3.8, 4) is 0 Å². The number of nitrogens with one attached hydrogen (secondary N) is 2. The van der Waals surface area contributed by atoms with Crippen molar-refractivity contribution in [3.63, 3.8) is 0 Å². The number of halogens is 1. The molecule has 0 bridgehead atoms. The lowest BCUT2D eigenvalue weighted by Crippen LogP contribution is -2.98. The minimum absolute atomic E-state index is 0.0399. The van der Waals surface area contributed by atoms with Gasteiger partial charge >= 0.3 is 0 Å². The first-order chi connectivity index (χ1) is 11.2. The normalized spacial score (nSPS) is 22.2. The highest BCUT2D eigenvalue weighted by Gasteiger charge is 2.56. The summed E-state index contributed by atoms with van der Waals surface area (Å²) in [5, 5.41) is 6.45. The lowest BCUT2D eigenvalue weighted by molar-refractivity contribution is -0.713. The summed E-state index contributed by atoms with van der Waals surface area (Å²) < 4.78 is 0.990. The van der Waals surface area contributed by atoms with Crippen LogP contribution in [0.3, 0.4) is 0 Å². The Kier molecular flexibility index (Phi) is 2.59. The molecule has 3 aromatic rings. The van der Waals surface area contributed by atoms with E-state index in [-0.39, 0.29) is 5.91 Å². The third kappa shape index (κ3) is 1.61. The van der Waals surface area contributed by atoms with E-state index in [0.29, 0.717) is 0 Å². The fourth-order valence-corrected chi connectivity index (χ4v) is 4.44. The molecule has 1 amide bonds. The Labute approximate surface area is 141 Å². The zero-order valence-electron chi connectivity index (χ0n) is 12.3. The van der Waals surface area contributed by atoms with Crippen LogP contribution in [0.1, 0.15) is 16.8 Å². The molecule has 0 saturated carbocycles. The van der Waals surface area contributed by atoms with Gasteiger partial charge in [-0.05, 0) is 29.8 Å². The Morgan fingerprint density at radius 3 is 2.96 bits per heavy atom. The fraction of sp³-hybridized carbons (Fsp3) is 0.167. The van der Waals surface area contributed by atoms with Crippen molar-refractivity contribution in [1.29, 1.82) is 0 Å². The van der Waals surface area contributed by atoms with Crippen LogP contribution in [-0.2, 0) is 16.8 Å². The second-order valence-corrected chi connectivity index (χ2v) is 7.13. The summed E-state index contributed by atoms with van der Waals surface area (Å²) in [4.78, 5) is 16.5. The molecule has 5 rings (SSSR count). The van der Waals surface area contributed by atoms with Crippen molar-refractivity contribution in [2.45, 2.75) is 12.0 Å². The number of benzene rings is 2. The van der Waals surface area contributed by atoms with E-state index in [2.05, 4.69) is 55.8 Å². The van der Waals surface area contributed by atoms with Crippen molar-refractivity contribution in [3.05, 3.63) is 63.8 Å². The maximum atomic E-state index is 13.0. The Morgan fingerprint density at radius 2 is 2.04 bits per heavy atom. The van der Waals surface area contributed by atoms with Crippen LogP contribution < -0.4 is 10.6 Å². The molecule has 1 aromatic heterocycles. The van der Waals surface area contributed by atoms with Gasteiger partial charge in [0, 0.05) is 21.8 Å². The fourth-order valence-electron chi connectivity index (χ4n) is 4.08. The number of anilines is 1. The predicted octanol–water partition coefficient (Wildman–Crippen LogP) is 2.25. The largest absolute Gasteiger partial charge is 0.352 e. The van der Waals surface area contributed by atoms with Crippen LogP contribution in [0.25, 0.3) is 10.9 Å². The van der Waals surface area contributed by atoms with Crippen molar-refractivity contribution in [2.24, 2.45) is 0 Å². The molecule has 0 aliphatic carbocycles. The molecule has 1 spiro atoms. The van der Waals surface area contributed by atoms with Crippen LogP contribution in [0.4, 0.5) is 5.69 Å². The average Bonchev–Trinajstić information content (AvgIpc) is 3.06. The van der Waals surface area contributed by atoms with Crippen LogP contribution >= 0.6 is 15.9 Å². The zero-order valence-corrected chi connectivity index (χ0v) is 13.9. The smallest absolute Gasteiger partial charge is 0.297 e. The Bertz CT molecular complexity index is 978. The van der Waals surface area contributed by atoms with Crippen molar-refractivity contribution < 1.29 is 10.1 Å². The van der Waals surface area contributed by atoms with E-state index < -0.39 is 5.54 Å². The maximum Gasteiger partial charge on any atom is 0.297 e. The molecule has 0 unspecified atom stereocenters. The Balaban J connectivity index is 1.87. The van der Waals surface area contributed by atoms with Gasteiger partial charge in [0.05, 0.1) is 23.5 Å². The molecular formula is C18H15BrN3O+. The number of hydrogen-bond acceptors (Lipinski definition) is 1. The standard InChI is InChI=1S/C18H14BrN3O/c19-10-5-6-15-13(9-10)18(17(23)22-15)16-12(7-8-20-18)11-3-1-2-4-14(11)21-16/h1-6,9,20-21H,7-8H2,(H,22,23)/p+1/t18-/m1/s1. The highest BCUT2D eigenvalue weighted by molar-refractivity contribution is 9.10. The van der Waals surface area contributed by atoms with E-state index in [4.69, 9.17) is 0 Å². The van der Waals surface area contributed by atoms with Crippen LogP contribution in [0.5, 0.6) is 0 Å². The quantitative estimate of drug-likeness (QED) is 0.559. The first-order valence-corrected chi connectivity index (χ1v) is 8.55. The van der Waals surface area contributed by atoms with E-state index >= 15 is 0 Å². The van der Waals surface area contributed by atoms with Crippen LogP contribution in [0, 0.1) is 0 Å². The number of amides is 1. The number of aromatic amines is 1. The van der Waals surface area contributed by atoms with Crippen LogP contribution in [-0.4, -0.2) is 17.4 Å². The van der Waals surface area contributed by atoms with Gasteiger partial charge in [0.2, 0.25) is 5.54 Å². The Hall–Kier alpha value is -2.11. The van der Waals surface area contributed by atoms with Crippen molar-refractivity contribution >= 4 is 38.4 Å². The van der Waals surface area contributed by atoms with E-state index in [0.717, 1.165) is 39.9 Å². The van der Waals surface area contributed by atoms with E-state index in [1.165, 1.54) is 10.9 Å². The first-order valence-electron chi connectivity index (χ1n) is 7.76. The molecule has 0 fully saturated rings. The summed E-state index contributed by atoms with van der Waals surface area (Å²) in [6, 6.07) is 14.3. The van der Waals surface area contributed by atoms with Gasteiger partial charge in [0.15, 0.2) is 0 Å². The van der Waals surface area contributed by atoms with Gasteiger partial charge in [-0.1, -0.05) is 34.1 Å². The summed E-state index contributed by atoms with van der Waals surface area (Å²) in [5.41, 5.74) is 4.63. The van der Waals surface area contributed by atoms with E-state index in [1.807, 2.05) is 18.2 Å². The number of para-hydroxylation sites is 1. The van der Waals surface area contributed by atoms with E-state index in [1.54, 1.807) is 0 Å². The number of quaternary nitrogens is 1. The lowest BCUT2D eigenvalue weighted by atomic mass is 9.82. The first kappa shape index (κ1) is 13.3. The van der Waals surface area contributed by atoms with Gasteiger partial charge in [0.1, 0.15) is 0 Å². The Morgan fingerprint density at radius 1 is 1.17 bits per heavy atom. The second-order valence-electron chi connectivity index (χ2n) is 6.22. The summed E-state index contributed by atoms with van der Waals surface area (Å²) >= 11 is 3.55. The van der Waals surface area contributed by atoms with Gasteiger partial charge in [-0.25, -0.2) is 0 Å². The third-order valence-corrected chi connectivity index (χ3v) is 5.56. The molecule has 5 heteroatoms. The third-order valence-electron chi connectivity index (χ3n) is 5.07. The summed E-state index contributed by atoms with van der Waals surface area (Å²) in [5.74, 6) is 0.0399. The molecule has 2 aromatic carbocycles. The number of H-pyrrole nitrogens is 1. The number of rotatable bonds is 0. The van der Waals surface area contributed by atoms with E-state index in [9.17, 15) is 4.79 Å². The van der Waals surface area contributed by atoms with Gasteiger partial charge in [-0.15, -0.1) is 0 Å². The second kappa shape index (κ2) is 4.46. The monoisotopic (exact) mass is 368 g/mol. The van der Waals surface area contributed by atoms with Crippen LogP contribution in [0.2, 0.25) is 0 Å². The number of carbonyl (C=O) groups is 1. The molecule has 3 heterocycles. The molecule has 2 aliphatic heterocycles. The lowest BCUT2D eigenvalue weighted by Gasteiger charge is -2.29. The number of aromatic nitrogens is 1. The van der Waals surface area contributed by atoms with Crippen molar-refractivity contribution in [2.75, 3.05) is 11.9 Å². The highest BCUT2D eigenvalue weighted by Crippen LogP contribution is 2.43. The molecule has 4 nitrogen and oxygen atoms in total. The van der Waals surface area contributed by atoms with Gasteiger partial charge in [0.25, 0.3) is 5.91 Å². The SMILES string of the molecule is O=C1Nc2ccc(Br)cc2[C@]12[NH2+]CCc1c2[nH]c2ccccc12. The molecule has 0 saturated heterocycles. The average molecular weight is 369 g/mol. The summed E-state index contributed by atoms with van der Waals surface area (Å²) in [7, 11) is 0. The minimum atomic E-state index is -0.703. The molecule has 23 heavy (non-hydrogen) atoms. The molecular weight excluding hydrogens is 354 g/mol. The summed E-state index contributed by atoms with van der Waals surface area (Å²) in [6.07, 6.45) is 0.970. The van der Waals surface area contributed by atoms with Crippen LogP contribution in [0.15, 0.2) is 46.9 Å². The summed E-state index contributed by atoms with van der Waals surface area (Å²) in [6.45, 7) is 0.897. The molecule has 4 N–H and O–H groups in total. The molecule has 2 aliphatic rings.